The summed E-state index contributed by atoms with van der Waals surface area (Å²) in [7, 11) is 0.0494. The lowest BCUT2D eigenvalue weighted by Crippen LogP contribution is -2.47. The Hall–Kier alpha value is -3.88. The normalized spacial score (nSPS) is 19.0. The molecule has 1 atom stereocenters. The number of carbonyl (C=O) groups excluding carboxylic acids is 1. The van der Waals surface area contributed by atoms with Gasteiger partial charge in [0.15, 0.2) is 0 Å². The van der Waals surface area contributed by atoms with Crippen molar-refractivity contribution in [3.8, 4) is 45.4 Å². The molecule has 4 aromatic rings. The Kier molecular flexibility index (Phi) is 10.7. The number of aromatic nitrogens is 4. The van der Waals surface area contributed by atoms with Gasteiger partial charge in [-0.25, -0.2) is 18.4 Å². The Balaban J connectivity index is 1.20. The summed E-state index contributed by atoms with van der Waals surface area (Å²) in [6, 6.07) is 11.4. The van der Waals surface area contributed by atoms with E-state index in [0.717, 1.165) is 6.42 Å². The largest absolute Gasteiger partial charge is 0.480 e. The molecule has 1 aliphatic heterocycles. The molecule has 3 N–H and O–H groups in total. The smallest absolute Gasteiger partial charge is 0.237 e. The second-order valence-corrected chi connectivity index (χ2v) is 15.3. The number of nitrogens with zero attached hydrogens (tertiary/aromatic N) is 4. The minimum Gasteiger partial charge on any atom is -0.480 e. The van der Waals surface area contributed by atoms with Crippen molar-refractivity contribution in [3.63, 3.8) is 0 Å². The van der Waals surface area contributed by atoms with Gasteiger partial charge in [-0.1, -0.05) is 59.6 Å². The first-order valence-corrected chi connectivity index (χ1v) is 18.6. The number of carbonyl (C=O) groups is 1. The number of benzene rings is 2. The van der Waals surface area contributed by atoms with Crippen molar-refractivity contribution in [2.75, 3.05) is 27.0 Å². The summed E-state index contributed by atoms with van der Waals surface area (Å²) < 4.78 is 34.6. The molecule has 258 valence electrons. The van der Waals surface area contributed by atoms with Crippen LogP contribution in [0.2, 0.25) is 10.0 Å². The molecule has 2 aromatic heterocycles. The Bertz CT molecular complexity index is 1970. The number of halogens is 2. The number of hydrogen-bond donors (Lipinski definition) is 3. The van der Waals surface area contributed by atoms with Crippen molar-refractivity contribution in [3.05, 3.63) is 70.2 Å². The van der Waals surface area contributed by atoms with Gasteiger partial charge in [-0.3, -0.25) is 14.8 Å². The highest BCUT2D eigenvalue weighted by molar-refractivity contribution is 7.91. The van der Waals surface area contributed by atoms with E-state index in [2.05, 4.69) is 25.9 Å². The first-order chi connectivity index (χ1) is 23.5. The van der Waals surface area contributed by atoms with Crippen LogP contribution in [0.1, 0.15) is 37.1 Å². The highest BCUT2D eigenvalue weighted by Crippen LogP contribution is 2.42. The zero-order valence-corrected chi connectivity index (χ0v) is 29.6. The average Bonchev–Trinajstić information content (AvgIpc) is 3.48. The third kappa shape index (κ3) is 7.81. The minimum absolute atomic E-state index is 0.0749. The van der Waals surface area contributed by atoms with Crippen LogP contribution in [0.4, 0.5) is 0 Å². The molecule has 49 heavy (non-hydrogen) atoms. The van der Waals surface area contributed by atoms with Crippen molar-refractivity contribution in [1.82, 2.24) is 35.9 Å². The molecule has 15 heteroatoms. The zero-order chi connectivity index (χ0) is 34.7. The molecule has 2 aliphatic rings. The van der Waals surface area contributed by atoms with Crippen LogP contribution in [0, 0.1) is 0 Å². The third-order valence-corrected chi connectivity index (χ3v) is 11.3. The van der Waals surface area contributed by atoms with Crippen LogP contribution in [0.5, 0.6) is 11.8 Å². The molecule has 1 saturated carbocycles. The molecule has 1 aliphatic carbocycles. The Morgan fingerprint density at radius 2 is 1.39 bits per heavy atom. The van der Waals surface area contributed by atoms with Crippen LogP contribution in [-0.2, 0) is 27.7 Å². The summed E-state index contributed by atoms with van der Waals surface area (Å²) in [4.78, 5) is 30.1. The number of hydrogen-bond acceptors (Lipinski definition) is 11. The molecular formula is C34H37Cl2N7O5S. The van der Waals surface area contributed by atoms with E-state index in [1.165, 1.54) is 13.4 Å². The Morgan fingerprint density at radius 3 is 1.88 bits per heavy atom. The summed E-state index contributed by atoms with van der Waals surface area (Å²) in [6.07, 6.45) is 7.08. The van der Waals surface area contributed by atoms with E-state index in [1.54, 1.807) is 19.5 Å². The van der Waals surface area contributed by atoms with E-state index in [4.69, 9.17) is 42.6 Å². The van der Waals surface area contributed by atoms with E-state index < -0.39 is 9.84 Å². The molecule has 0 spiro atoms. The lowest BCUT2D eigenvalue weighted by molar-refractivity contribution is -0.119. The highest BCUT2D eigenvalue weighted by Gasteiger charge is 2.36. The number of sulfone groups is 1. The van der Waals surface area contributed by atoms with Crippen LogP contribution < -0.4 is 25.4 Å². The van der Waals surface area contributed by atoms with E-state index >= 15 is 0 Å². The maximum atomic E-state index is 11.7. The average molecular weight is 727 g/mol. The van der Waals surface area contributed by atoms with Crippen LogP contribution in [0.15, 0.2) is 48.8 Å². The standard InChI is InChI=1S/C34H37Cl2N7O5S/c1-47-33-28(15-37-14-19-10-11-30(44)41-19)39-16-26(42-33)24-8-4-6-22(31(24)35)23-7-5-9-25(32(23)36)27-17-40-29(34(43-27)48-2)18-38-20-12-21(13-20)49(3,45)46/h4-9,16-17,19-21,37-38H,10-15,18H2,1-3H3,(H,41,44)/t19-,20?,21?/m0/s1. The van der Waals surface area contributed by atoms with Crippen molar-refractivity contribution >= 4 is 38.9 Å². The maximum absolute atomic E-state index is 11.7. The Morgan fingerprint density at radius 1 is 0.857 bits per heavy atom. The molecule has 0 unspecified atom stereocenters. The Labute approximate surface area is 295 Å². The van der Waals surface area contributed by atoms with E-state index in [0.29, 0.717) is 106 Å². The zero-order valence-electron chi connectivity index (χ0n) is 27.3. The first-order valence-electron chi connectivity index (χ1n) is 15.9. The van der Waals surface area contributed by atoms with E-state index in [-0.39, 0.29) is 23.2 Å². The van der Waals surface area contributed by atoms with Gasteiger partial charge >= 0.3 is 0 Å². The SMILES string of the molecule is COc1nc(-c2cccc(-c3cccc(-c4cnc(CNC5CC(S(C)(=O)=O)C5)c(OC)n4)c3Cl)c2Cl)cnc1CNC[C@@H]1CCC(=O)N1. The van der Waals surface area contributed by atoms with Gasteiger partial charge in [0.2, 0.25) is 17.7 Å². The molecular weight excluding hydrogens is 689 g/mol. The number of rotatable bonds is 13. The predicted octanol–water partition coefficient (Wildman–Crippen LogP) is 4.63. The second-order valence-electron chi connectivity index (χ2n) is 12.2. The number of ether oxygens (including phenoxy) is 2. The molecule has 0 bridgehead atoms. The highest BCUT2D eigenvalue weighted by atomic mass is 35.5. The lowest BCUT2D eigenvalue weighted by Gasteiger charge is -2.34. The van der Waals surface area contributed by atoms with Gasteiger partial charge in [0, 0.05) is 66.6 Å². The molecule has 0 radical (unpaired) electrons. The predicted molar refractivity (Wildman–Crippen MR) is 188 cm³/mol. The summed E-state index contributed by atoms with van der Waals surface area (Å²) in [5, 5.41) is 10.2. The van der Waals surface area contributed by atoms with Gasteiger partial charge in [0.05, 0.1) is 53.3 Å². The molecule has 1 amide bonds. The van der Waals surface area contributed by atoms with Crippen LogP contribution in [0.3, 0.4) is 0 Å². The maximum Gasteiger partial charge on any atom is 0.237 e. The number of methoxy groups -OCH3 is 2. The summed E-state index contributed by atoms with van der Waals surface area (Å²) in [5.41, 5.74) is 5.02. The van der Waals surface area contributed by atoms with Gasteiger partial charge in [0.1, 0.15) is 21.2 Å². The molecule has 12 nitrogen and oxygen atoms in total. The summed E-state index contributed by atoms with van der Waals surface area (Å²) in [6.45, 7) is 1.44. The summed E-state index contributed by atoms with van der Waals surface area (Å²) >= 11 is 14.1. The number of nitrogens with one attached hydrogen (secondary N) is 3. The molecule has 1 saturated heterocycles. The molecule has 3 heterocycles. The molecule has 6 rings (SSSR count). The van der Waals surface area contributed by atoms with Crippen molar-refractivity contribution < 1.29 is 22.7 Å². The second kappa shape index (κ2) is 14.9. The van der Waals surface area contributed by atoms with Crippen molar-refractivity contribution in [1.29, 1.82) is 0 Å². The summed E-state index contributed by atoms with van der Waals surface area (Å²) in [5.74, 6) is 0.798. The van der Waals surface area contributed by atoms with Crippen LogP contribution in [0.25, 0.3) is 33.6 Å². The van der Waals surface area contributed by atoms with Crippen LogP contribution >= 0.6 is 23.2 Å². The number of amides is 1. The molecule has 2 fully saturated rings. The van der Waals surface area contributed by atoms with Crippen molar-refractivity contribution in [2.24, 2.45) is 0 Å². The van der Waals surface area contributed by atoms with Crippen LogP contribution in [-0.4, -0.2) is 78.6 Å². The fraction of sp³-hybridized carbons (Fsp3) is 0.382. The first kappa shape index (κ1) is 35.0. The van der Waals surface area contributed by atoms with Gasteiger partial charge in [-0.15, -0.1) is 0 Å². The molecule has 2 aromatic carbocycles. The monoisotopic (exact) mass is 725 g/mol. The topological polar surface area (TPSA) is 157 Å². The van der Waals surface area contributed by atoms with E-state index in [9.17, 15) is 13.2 Å². The van der Waals surface area contributed by atoms with Gasteiger partial charge in [-0.2, -0.15) is 0 Å². The minimum atomic E-state index is -3.02. The van der Waals surface area contributed by atoms with Gasteiger partial charge < -0.3 is 25.4 Å². The van der Waals surface area contributed by atoms with E-state index in [1.807, 2.05) is 36.4 Å². The quantitative estimate of drug-likeness (QED) is 0.177. The van der Waals surface area contributed by atoms with Gasteiger partial charge in [-0.05, 0) is 19.3 Å². The lowest BCUT2D eigenvalue weighted by atomic mass is 9.92. The fourth-order valence-electron chi connectivity index (χ4n) is 6.02. The fourth-order valence-corrected chi connectivity index (χ4v) is 7.83. The third-order valence-electron chi connectivity index (χ3n) is 8.88. The van der Waals surface area contributed by atoms with Crippen molar-refractivity contribution in [2.45, 2.75) is 56.1 Å². The van der Waals surface area contributed by atoms with Gasteiger partial charge in [0.25, 0.3) is 0 Å².